The van der Waals surface area contributed by atoms with E-state index in [2.05, 4.69) is 29.0 Å². The SMILES string of the molecule is CC(C)CC(CNc1ccc(S(=O)(=O)N2CCN(C)CC2)cc1[N+](=O)[O-])N1CCCC1. The lowest BCUT2D eigenvalue weighted by Gasteiger charge is -2.31. The van der Waals surface area contributed by atoms with E-state index in [1.54, 1.807) is 0 Å². The fourth-order valence-electron chi connectivity index (χ4n) is 4.39. The molecule has 1 aromatic carbocycles. The smallest absolute Gasteiger partial charge is 0.293 e. The molecule has 1 N–H and O–H groups in total. The van der Waals surface area contributed by atoms with Gasteiger partial charge in [0.05, 0.1) is 9.82 Å². The van der Waals surface area contributed by atoms with Crippen molar-refractivity contribution in [3.8, 4) is 0 Å². The molecule has 2 saturated heterocycles. The molecule has 3 rings (SSSR count). The highest BCUT2D eigenvalue weighted by atomic mass is 32.2. The molecule has 1 aromatic rings. The summed E-state index contributed by atoms with van der Waals surface area (Å²) in [5, 5.41) is 15.0. The van der Waals surface area contributed by atoms with E-state index in [1.807, 2.05) is 7.05 Å². The number of nitrogens with zero attached hydrogens (tertiary/aromatic N) is 4. The minimum atomic E-state index is -3.75. The van der Waals surface area contributed by atoms with Gasteiger partial charge in [0.25, 0.3) is 5.69 Å². The van der Waals surface area contributed by atoms with Crippen LogP contribution in [0.25, 0.3) is 0 Å². The molecule has 1 atom stereocenters. The van der Waals surface area contributed by atoms with Gasteiger partial charge in [0.15, 0.2) is 0 Å². The van der Waals surface area contributed by atoms with E-state index in [-0.39, 0.29) is 10.6 Å². The molecule has 0 spiro atoms. The number of nitrogens with one attached hydrogen (secondary N) is 1. The average molecular weight is 454 g/mol. The Bertz CT molecular complexity index is 863. The zero-order chi connectivity index (χ0) is 22.6. The molecule has 2 aliphatic rings. The predicted molar refractivity (Wildman–Crippen MR) is 122 cm³/mol. The van der Waals surface area contributed by atoms with Crippen LogP contribution >= 0.6 is 0 Å². The van der Waals surface area contributed by atoms with Gasteiger partial charge in [-0.05, 0) is 57.5 Å². The van der Waals surface area contributed by atoms with Gasteiger partial charge >= 0.3 is 0 Å². The van der Waals surface area contributed by atoms with Crippen molar-refractivity contribution in [2.45, 2.75) is 44.0 Å². The van der Waals surface area contributed by atoms with Crippen molar-refractivity contribution >= 4 is 21.4 Å². The first-order valence-corrected chi connectivity index (χ1v) is 12.6. The van der Waals surface area contributed by atoms with Crippen molar-refractivity contribution in [2.24, 2.45) is 5.92 Å². The van der Waals surface area contributed by atoms with Crippen LogP contribution in [0.1, 0.15) is 33.1 Å². The summed E-state index contributed by atoms with van der Waals surface area (Å²) in [7, 11) is -1.80. The quantitative estimate of drug-likeness (QED) is 0.453. The van der Waals surface area contributed by atoms with Gasteiger partial charge in [-0.25, -0.2) is 8.42 Å². The van der Waals surface area contributed by atoms with Gasteiger partial charge in [0, 0.05) is 44.8 Å². The van der Waals surface area contributed by atoms with Gasteiger partial charge in [0.2, 0.25) is 10.0 Å². The number of rotatable bonds is 9. The first-order chi connectivity index (χ1) is 14.7. The van der Waals surface area contributed by atoms with Crippen molar-refractivity contribution in [3.63, 3.8) is 0 Å². The van der Waals surface area contributed by atoms with Gasteiger partial charge in [-0.2, -0.15) is 4.31 Å². The summed E-state index contributed by atoms with van der Waals surface area (Å²) >= 11 is 0. The Hall–Kier alpha value is -1.75. The standard InChI is InChI=1S/C21H35N5O4S/c1-17(2)14-18(24-8-4-5-9-24)16-22-20-7-6-19(15-21(20)26(27)28)31(29,30)25-12-10-23(3)11-13-25/h6-7,15,17-18,22H,4-5,8-14,16H2,1-3H3. The molecule has 0 radical (unpaired) electrons. The summed E-state index contributed by atoms with van der Waals surface area (Å²) in [6.45, 7) is 9.16. The summed E-state index contributed by atoms with van der Waals surface area (Å²) < 4.78 is 27.4. The number of likely N-dealkylation sites (N-methyl/N-ethyl adjacent to an activating group) is 1. The molecular formula is C21H35N5O4S. The normalized spacial score (nSPS) is 20.3. The minimum absolute atomic E-state index is 0.0208. The van der Waals surface area contributed by atoms with Gasteiger partial charge in [-0.15, -0.1) is 0 Å². The van der Waals surface area contributed by atoms with Crippen LogP contribution in [0.2, 0.25) is 0 Å². The summed E-state index contributed by atoms with van der Waals surface area (Å²) in [6.07, 6.45) is 3.39. The number of hydrogen-bond donors (Lipinski definition) is 1. The molecule has 2 aliphatic heterocycles. The fraction of sp³-hybridized carbons (Fsp3) is 0.714. The van der Waals surface area contributed by atoms with Crippen LogP contribution in [0.5, 0.6) is 0 Å². The monoisotopic (exact) mass is 453 g/mol. The molecule has 0 saturated carbocycles. The summed E-state index contributed by atoms with van der Waals surface area (Å²) in [4.78, 5) is 15.7. The Kier molecular flexibility index (Phi) is 7.90. The third-order valence-electron chi connectivity index (χ3n) is 6.19. The van der Waals surface area contributed by atoms with E-state index in [4.69, 9.17) is 0 Å². The first kappa shape index (κ1) is 23.9. The Labute approximate surface area is 185 Å². The van der Waals surface area contributed by atoms with Crippen LogP contribution < -0.4 is 5.32 Å². The van der Waals surface area contributed by atoms with Gasteiger partial charge in [-0.1, -0.05) is 13.8 Å². The highest BCUT2D eigenvalue weighted by molar-refractivity contribution is 7.89. The number of anilines is 1. The molecule has 0 aromatic heterocycles. The van der Waals surface area contributed by atoms with Crippen LogP contribution in [0.4, 0.5) is 11.4 Å². The molecule has 2 fully saturated rings. The Balaban J connectivity index is 1.77. The Morgan fingerprint density at radius 1 is 1.10 bits per heavy atom. The molecule has 0 aliphatic carbocycles. The number of hydrogen-bond acceptors (Lipinski definition) is 7. The highest BCUT2D eigenvalue weighted by Crippen LogP contribution is 2.30. The topological polar surface area (TPSA) is 99.0 Å². The lowest BCUT2D eigenvalue weighted by atomic mass is 10.0. The number of sulfonamides is 1. The minimum Gasteiger partial charge on any atom is -0.378 e. The lowest BCUT2D eigenvalue weighted by molar-refractivity contribution is -0.384. The predicted octanol–water partition coefficient (Wildman–Crippen LogP) is 2.45. The third kappa shape index (κ3) is 5.94. The number of benzene rings is 1. The molecule has 0 bridgehead atoms. The first-order valence-electron chi connectivity index (χ1n) is 11.1. The average Bonchev–Trinajstić information content (AvgIpc) is 3.25. The molecule has 174 valence electrons. The third-order valence-corrected chi connectivity index (χ3v) is 8.09. The zero-order valence-electron chi connectivity index (χ0n) is 18.8. The molecule has 0 amide bonds. The Morgan fingerprint density at radius 3 is 2.32 bits per heavy atom. The van der Waals surface area contributed by atoms with E-state index in [0.717, 1.165) is 19.5 Å². The summed E-state index contributed by atoms with van der Waals surface area (Å²) in [6, 6.07) is 4.52. The zero-order valence-corrected chi connectivity index (χ0v) is 19.6. The van der Waals surface area contributed by atoms with Crippen molar-refractivity contribution in [1.29, 1.82) is 0 Å². The van der Waals surface area contributed by atoms with Crippen LogP contribution in [-0.2, 0) is 10.0 Å². The maximum Gasteiger partial charge on any atom is 0.293 e. The number of piperazine rings is 1. The second kappa shape index (κ2) is 10.2. The summed E-state index contributed by atoms with van der Waals surface area (Å²) in [5.74, 6) is 0.526. The fourth-order valence-corrected chi connectivity index (χ4v) is 5.83. The molecule has 2 heterocycles. The Morgan fingerprint density at radius 2 is 1.74 bits per heavy atom. The van der Waals surface area contributed by atoms with Crippen LogP contribution in [-0.4, -0.2) is 86.3 Å². The van der Waals surface area contributed by atoms with E-state index >= 15 is 0 Å². The number of nitro groups is 1. The largest absolute Gasteiger partial charge is 0.378 e. The molecule has 31 heavy (non-hydrogen) atoms. The molecule has 1 unspecified atom stereocenters. The van der Waals surface area contributed by atoms with Gasteiger partial charge in [-0.3, -0.25) is 15.0 Å². The van der Waals surface area contributed by atoms with Gasteiger partial charge < -0.3 is 10.2 Å². The highest BCUT2D eigenvalue weighted by Gasteiger charge is 2.30. The second-order valence-corrected chi connectivity index (χ2v) is 11.0. The maximum atomic E-state index is 13.0. The van der Waals surface area contributed by atoms with Crippen molar-refractivity contribution < 1.29 is 13.3 Å². The van der Waals surface area contributed by atoms with Crippen LogP contribution in [0.3, 0.4) is 0 Å². The summed E-state index contributed by atoms with van der Waals surface area (Å²) in [5.41, 5.74) is 0.176. The van der Waals surface area contributed by atoms with E-state index < -0.39 is 14.9 Å². The van der Waals surface area contributed by atoms with Crippen LogP contribution in [0, 0.1) is 16.0 Å². The number of nitro benzene ring substituents is 1. The van der Waals surface area contributed by atoms with Crippen molar-refractivity contribution in [2.75, 3.05) is 58.2 Å². The van der Waals surface area contributed by atoms with Gasteiger partial charge in [0.1, 0.15) is 5.69 Å². The second-order valence-electron chi connectivity index (χ2n) is 9.05. The lowest BCUT2D eigenvalue weighted by Crippen LogP contribution is -2.47. The maximum absolute atomic E-state index is 13.0. The van der Waals surface area contributed by atoms with Crippen molar-refractivity contribution in [1.82, 2.24) is 14.1 Å². The number of likely N-dealkylation sites (tertiary alicyclic amines) is 1. The van der Waals surface area contributed by atoms with Crippen molar-refractivity contribution in [3.05, 3.63) is 28.3 Å². The molecule has 9 nitrogen and oxygen atoms in total. The molecule has 10 heteroatoms. The molecular weight excluding hydrogens is 418 g/mol. The van der Waals surface area contributed by atoms with E-state index in [1.165, 1.54) is 35.3 Å². The van der Waals surface area contributed by atoms with E-state index in [0.29, 0.717) is 50.4 Å². The van der Waals surface area contributed by atoms with E-state index in [9.17, 15) is 18.5 Å². The van der Waals surface area contributed by atoms with Crippen LogP contribution in [0.15, 0.2) is 23.1 Å².